The number of hydrogen-bond donors (Lipinski definition) is 3. The Morgan fingerprint density at radius 3 is 2.48 bits per heavy atom. The Morgan fingerprint density at radius 2 is 1.86 bits per heavy atom. The fraction of sp³-hybridized carbons (Fsp3) is 0.133. The van der Waals surface area contributed by atoms with Gasteiger partial charge >= 0.3 is 6.03 Å². The second-order valence-electron chi connectivity index (χ2n) is 4.62. The lowest BCUT2D eigenvalue weighted by Gasteiger charge is -2.11. The molecule has 0 spiro atoms. The molecule has 0 heterocycles. The van der Waals surface area contributed by atoms with Gasteiger partial charge in [-0.05, 0) is 58.7 Å². The molecule has 0 bridgehead atoms. The summed E-state index contributed by atoms with van der Waals surface area (Å²) in [6.07, 6.45) is 0. The number of anilines is 2. The highest BCUT2D eigenvalue weighted by Gasteiger charge is 2.06. The average Bonchev–Trinajstić information content (AvgIpc) is 2.43. The second-order valence-corrected chi connectivity index (χ2v) is 5.48. The molecule has 0 saturated carbocycles. The van der Waals surface area contributed by atoms with Crippen LogP contribution < -0.4 is 16.4 Å². The summed E-state index contributed by atoms with van der Waals surface area (Å²) in [5, 5.41) is 5.33. The van der Waals surface area contributed by atoms with E-state index in [-0.39, 0.29) is 11.9 Å². The van der Waals surface area contributed by atoms with Crippen LogP contribution in [0.2, 0.25) is 0 Å². The minimum Gasteiger partial charge on any atom is -0.324 e. The fourth-order valence-electron chi connectivity index (χ4n) is 1.77. The highest BCUT2D eigenvalue weighted by molar-refractivity contribution is 9.10. The first-order chi connectivity index (χ1) is 9.95. The summed E-state index contributed by atoms with van der Waals surface area (Å²) in [4.78, 5) is 11.9. The van der Waals surface area contributed by atoms with E-state index in [0.29, 0.717) is 15.8 Å². The fourth-order valence-corrected chi connectivity index (χ4v) is 2.15. The second kappa shape index (κ2) is 6.69. The molecule has 2 aromatic carbocycles. The molecule has 6 heteroatoms. The molecule has 0 radical (unpaired) electrons. The number of hydrogen-bond acceptors (Lipinski definition) is 2. The van der Waals surface area contributed by atoms with Gasteiger partial charge in [0.2, 0.25) is 0 Å². The summed E-state index contributed by atoms with van der Waals surface area (Å²) in [5.74, 6) is -0.384. The first-order valence-electron chi connectivity index (χ1n) is 6.34. The van der Waals surface area contributed by atoms with Crippen molar-refractivity contribution in [3.8, 4) is 0 Å². The molecule has 2 rings (SSSR count). The lowest BCUT2D eigenvalue weighted by molar-refractivity contribution is 0.262. The van der Waals surface area contributed by atoms with Gasteiger partial charge < -0.3 is 16.4 Å². The highest BCUT2D eigenvalue weighted by atomic mass is 79.9. The van der Waals surface area contributed by atoms with E-state index in [9.17, 15) is 9.18 Å². The predicted molar refractivity (Wildman–Crippen MR) is 85.8 cm³/mol. The average molecular weight is 352 g/mol. The zero-order valence-electron chi connectivity index (χ0n) is 11.4. The van der Waals surface area contributed by atoms with Crippen molar-refractivity contribution in [2.24, 2.45) is 5.73 Å². The van der Waals surface area contributed by atoms with Gasteiger partial charge in [0.1, 0.15) is 5.82 Å². The Bertz CT molecular complexity index is 661. The maximum Gasteiger partial charge on any atom is 0.323 e. The van der Waals surface area contributed by atoms with Crippen LogP contribution in [0.25, 0.3) is 0 Å². The topological polar surface area (TPSA) is 67.1 Å². The van der Waals surface area contributed by atoms with Crippen molar-refractivity contribution in [2.45, 2.75) is 13.0 Å². The molecule has 0 aromatic heterocycles. The first kappa shape index (κ1) is 15.5. The van der Waals surface area contributed by atoms with Gasteiger partial charge in [0.15, 0.2) is 0 Å². The van der Waals surface area contributed by atoms with Crippen molar-refractivity contribution in [1.82, 2.24) is 0 Å². The third-order valence-corrected chi connectivity index (χ3v) is 3.46. The van der Waals surface area contributed by atoms with Crippen LogP contribution in [0.15, 0.2) is 46.9 Å². The van der Waals surface area contributed by atoms with Crippen LogP contribution in [0.5, 0.6) is 0 Å². The molecule has 0 aliphatic carbocycles. The summed E-state index contributed by atoms with van der Waals surface area (Å²) >= 11 is 3.07. The van der Waals surface area contributed by atoms with Crippen molar-refractivity contribution >= 4 is 33.3 Å². The zero-order chi connectivity index (χ0) is 15.4. The molecular formula is C15H15BrFN3O. The first-order valence-corrected chi connectivity index (χ1v) is 7.13. The highest BCUT2D eigenvalue weighted by Crippen LogP contribution is 2.20. The zero-order valence-corrected chi connectivity index (χ0v) is 12.9. The predicted octanol–water partition coefficient (Wildman–Crippen LogP) is 4.25. The third kappa shape index (κ3) is 4.27. The van der Waals surface area contributed by atoms with E-state index >= 15 is 0 Å². The van der Waals surface area contributed by atoms with Crippen LogP contribution in [0, 0.1) is 5.82 Å². The molecule has 0 saturated heterocycles. The smallest absolute Gasteiger partial charge is 0.323 e. The normalized spacial score (nSPS) is 11.8. The van der Waals surface area contributed by atoms with Crippen molar-refractivity contribution in [3.05, 3.63) is 58.3 Å². The molecule has 0 aliphatic rings. The Labute approximate surface area is 130 Å². The van der Waals surface area contributed by atoms with E-state index in [2.05, 4.69) is 26.6 Å². The van der Waals surface area contributed by atoms with E-state index in [0.717, 1.165) is 5.56 Å². The molecule has 21 heavy (non-hydrogen) atoms. The van der Waals surface area contributed by atoms with Gasteiger partial charge in [-0.1, -0.05) is 12.1 Å². The summed E-state index contributed by atoms with van der Waals surface area (Å²) in [6, 6.07) is 11.0. The van der Waals surface area contributed by atoms with E-state index < -0.39 is 6.03 Å². The number of nitrogens with one attached hydrogen (secondary N) is 2. The van der Waals surface area contributed by atoms with Crippen LogP contribution in [-0.4, -0.2) is 6.03 Å². The Balaban J connectivity index is 2.04. The molecule has 2 amide bonds. The maximum atomic E-state index is 13.1. The molecule has 2 aromatic rings. The summed E-state index contributed by atoms with van der Waals surface area (Å²) < 4.78 is 13.4. The molecular weight excluding hydrogens is 337 g/mol. The van der Waals surface area contributed by atoms with Gasteiger partial charge in [0.05, 0.1) is 4.47 Å². The maximum absolute atomic E-state index is 13.1. The summed E-state index contributed by atoms with van der Waals surface area (Å²) in [6.45, 7) is 1.87. The number of rotatable bonds is 3. The van der Waals surface area contributed by atoms with E-state index in [1.54, 1.807) is 6.07 Å². The summed E-state index contributed by atoms with van der Waals surface area (Å²) in [5.41, 5.74) is 7.86. The number of urea groups is 1. The molecule has 0 aliphatic heterocycles. The van der Waals surface area contributed by atoms with E-state index in [1.807, 2.05) is 25.1 Å². The van der Waals surface area contributed by atoms with Gasteiger partial charge in [-0.3, -0.25) is 0 Å². The van der Waals surface area contributed by atoms with Crippen LogP contribution in [0.1, 0.15) is 18.5 Å². The number of benzene rings is 2. The number of amides is 2. The molecule has 110 valence electrons. The van der Waals surface area contributed by atoms with E-state index in [1.165, 1.54) is 18.2 Å². The van der Waals surface area contributed by atoms with Crippen LogP contribution in [0.3, 0.4) is 0 Å². The monoisotopic (exact) mass is 351 g/mol. The Morgan fingerprint density at radius 1 is 1.19 bits per heavy atom. The van der Waals surface area contributed by atoms with Crippen molar-refractivity contribution in [2.75, 3.05) is 10.6 Å². The number of halogens is 2. The van der Waals surface area contributed by atoms with Gasteiger partial charge in [-0.15, -0.1) is 0 Å². The Kier molecular flexibility index (Phi) is 4.93. The van der Waals surface area contributed by atoms with Gasteiger partial charge in [-0.2, -0.15) is 0 Å². The number of nitrogens with two attached hydrogens (primary N) is 1. The van der Waals surface area contributed by atoms with Crippen molar-refractivity contribution in [1.29, 1.82) is 0 Å². The van der Waals surface area contributed by atoms with Crippen LogP contribution >= 0.6 is 15.9 Å². The standard InChI is InChI=1S/C15H15BrFN3O/c1-9(18)10-3-2-4-11(7-10)19-15(21)20-12-5-6-14(17)13(16)8-12/h2-9H,18H2,1H3,(H2,19,20,21). The number of carbonyl (C=O) groups excluding carboxylic acids is 1. The molecule has 1 atom stereocenters. The molecule has 4 nitrogen and oxygen atoms in total. The van der Waals surface area contributed by atoms with Crippen molar-refractivity contribution in [3.63, 3.8) is 0 Å². The van der Waals surface area contributed by atoms with Gasteiger partial charge in [0, 0.05) is 17.4 Å². The number of carbonyl (C=O) groups is 1. The molecule has 4 N–H and O–H groups in total. The quantitative estimate of drug-likeness (QED) is 0.773. The van der Waals surface area contributed by atoms with Gasteiger partial charge in [0.25, 0.3) is 0 Å². The van der Waals surface area contributed by atoms with E-state index in [4.69, 9.17) is 5.73 Å². The van der Waals surface area contributed by atoms with Crippen LogP contribution in [0.4, 0.5) is 20.6 Å². The lowest BCUT2D eigenvalue weighted by atomic mass is 10.1. The lowest BCUT2D eigenvalue weighted by Crippen LogP contribution is -2.19. The minimum absolute atomic E-state index is 0.108. The largest absolute Gasteiger partial charge is 0.324 e. The van der Waals surface area contributed by atoms with Crippen molar-refractivity contribution < 1.29 is 9.18 Å². The van der Waals surface area contributed by atoms with Crippen LogP contribution in [-0.2, 0) is 0 Å². The SMILES string of the molecule is CC(N)c1cccc(NC(=O)Nc2ccc(F)c(Br)c2)c1. The minimum atomic E-state index is -0.407. The van der Waals surface area contributed by atoms with Gasteiger partial charge in [-0.25, -0.2) is 9.18 Å². The summed E-state index contributed by atoms with van der Waals surface area (Å²) in [7, 11) is 0. The third-order valence-electron chi connectivity index (χ3n) is 2.85. The molecule has 0 fully saturated rings. The molecule has 1 unspecified atom stereocenters. The Hall–Kier alpha value is -1.92.